The highest BCUT2D eigenvalue weighted by molar-refractivity contribution is 6.62. The van der Waals surface area contributed by atoms with Crippen LogP contribution >= 0.6 is 0 Å². The van der Waals surface area contributed by atoms with Crippen LogP contribution < -0.4 is 5.46 Å². The third-order valence-corrected chi connectivity index (χ3v) is 4.20. The Balaban J connectivity index is 2.08. The molecule has 24 heavy (non-hydrogen) atoms. The highest BCUT2D eigenvalue weighted by Gasteiger charge is 2.21. The van der Waals surface area contributed by atoms with Crippen molar-refractivity contribution in [3.05, 3.63) is 59.9 Å². The zero-order valence-electron chi connectivity index (χ0n) is 13.4. The lowest BCUT2D eigenvalue weighted by Crippen LogP contribution is -2.30. The fraction of sp³-hybridized carbons (Fsp3) is 0.105. The molecule has 2 heterocycles. The van der Waals surface area contributed by atoms with Crippen molar-refractivity contribution in [1.29, 1.82) is 0 Å². The average molecular weight is 317 g/mol. The van der Waals surface area contributed by atoms with E-state index in [4.69, 9.17) is 4.42 Å². The van der Waals surface area contributed by atoms with Crippen LogP contribution in [0.1, 0.15) is 11.4 Å². The van der Waals surface area contributed by atoms with Gasteiger partial charge in [-0.2, -0.15) is 0 Å². The Kier molecular flexibility index (Phi) is 3.41. The average Bonchev–Trinajstić information content (AvgIpc) is 2.91. The zero-order chi connectivity index (χ0) is 16.8. The summed E-state index contributed by atoms with van der Waals surface area (Å²) in [7, 11) is -1.60. The molecule has 2 aromatic heterocycles. The number of aromatic nitrogens is 1. The van der Waals surface area contributed by atoms with Crippen LogP contribution in [-0.2, 0) is 0 Å². The third kappa shape index (κ3) is 2.38. The molecule has 118 valence electrons. The highest BCUT2D eigenvalue weighted by atomic mass is 16.4. The van der Waals surface area contributed by atoms with Gasteiger partial charge >= 0.3 is 7.12 Å². The molecule has 5 heteroatoms. The van der Waals surface area contributed by atoms with Crippen molar-refractivity contribution in [1.82, 2.24) is 4.98 Å². The molecule has 0 spiro atoms. The van der Waals surface area contributed by atoms with Crippen LogP contribution in [0.3, 0.4) is 0 Å². The molecule has 4 aromatic rings. The molecule has 0 unspecified atom stereocenters. The van der Waals surface area contributed by atoms with Gasteiger partial charge in [-0.15, -0.1) is 0 Å². The van der Waals surface area contributed by atoms with Crippen molar-refractivity contribution >= 4 is 34.5 Å². The van der Waals surface area contributed by atoms with Crippen LogP contribution in [-0.4, -0.2) is 22.2 Å². The molecule has 0 saturated heterocycles. The van der Waals surface area contributed by atoms with Gasteiger partial charge in [0.25, 0.3) is 0 Å². The second-order valence-electron chi connectivity index (χ2n) is 6.05. The summed E-state index contributed by atoms with van der Waals surface area (Å²) in [6.45, 7) is 3.90. The maximum atomic E-state index is 9.81. The second kappa shape index (κ2) is 5.48. The van der Waals surface area contributed by atoms with Crippen molar-refractivity contribution in [2.24, 2.45) is 0 Å². The molecule has 0 radical (unpaired) electrons. The van der Waals surface area contributed by atoms with Crippen LogP contribution in [0.5, 0.6) is 0 Å². The summed E-state index contributed by atoms with van der Waals surface area (Å²) < 4.78 is 5.85. The van der Waals surface area contributed by atoms with Crippen LogP contribution in [0.2, 0.25) is 0 Å². The van der Waals surface area contributed by atoms with Crippen molar-refractivity contribution in [3.63, 3.8) is 0 Å². The van der Waals surface area contributed by atoms with E-state index < -0.39 is 7.12 Å². The summed E-state index contributed by atoms with van der Waals surface area (Å²) in [5.74, 6) is 0. The first-order valence-electron chi connectivity index (χ1n) is 7.80. The number of fused-ring (bicyclic) bond motifs is 3. The smallest absolute Gasteiger partial charge is 0.456 e. The van der Waals surface area contributed by atoms with Gasteiger partial charge in [-0.1, -0.05) is 24.3 Å². The Morgan fingerprint density at radius 1 is 0.875 bits per heavy atom. The lowest BCUT2D eigenvalue weighted by atomic mass is 9.77. The van der Waals surface area contributed by atoms with E-state index in [1.54, 1.807) is 6.07 Å². The molecule has 2 aromatic carbocycles. The molecular weight excluding hydrogens is 301 g/mol. The van der Waals surface area contributed by atoms with Gasteiger partial charge in [0.15, 0.2) is 0 Å². The third-order valence-electron chi connectivity index (χ3n) is 4.20. The van der Waals surface area contributed by atoms with Gasteiger partial charge in [-0.25, -0.2) is 0 Å². The van der Waals surface area contributed by atoms with Crippen LogP contribution in [0.4, 0.5) is 0 Å². The lowest BCUT2D eigenvalue weighted by molar-refractivity contribution is 0.425. The number of hydrogen-bond donors (Lipinski definition) is 2. The normalized spacial score (nSPS) is 11.3. The number of nitrogens with zero attached hydrogens (tertiary/aromatic N) is 1. The number of pyridine rings is 1. The number of rotatable bonds is 2. The Morgan fingerprint density at radius 2 is 1.54 bits per heavy atom. The number of para-hydroxylation sites is 1. The maximum absolute atomic E-state index is 9.81. The standard InChI is InChI=1S/C19H16BNO3/c1-11-7-13(8-12(2)21-11)14-9-16-15-5-3-4-6-18(15)24-19(16)17(10-14)20(22)23/h3-10,22-23H,1-2H3. The summed E-state index contributed by atoms with van der Waals surface area (Å²) in [6, 6.07) is 15.5. The summed E-state index contributed by atoms with van der Waals surface area (Å²) in [4.78, 5) is 4.40. The fourth-order valence-corrected chi connectivity index (χ4v) is 3.21. The second-order valence-corrected chi connectivity index (χ2v) is 6.05. The molecule has 0 aliphatic heterocycles. The lowest BCUT2D eigenvalue weighted by Gasteiger charge is -2.08. The molecule has 0 bridgehead atoms. The van der Waals surface area contributed by atoms with Crippen molar-refractivity contribution in [3.8, 4) is 11.1 Å². The van der Waals surface area contributed by atoms with E-state index in [0.29, 0.717) is 11.0 Å². The zero-order valence-corrected chi connectivity index (χ0v) is 13.4. The fourth-order valence-electron chi connectivity index (χ4n) is 3.21. The van der Waals surface area contributed by atoms with E-state index in [1.807, 2.05) is 56.3 Å². The number of benzene rings is 2. The highest BCUT2D eigenvalue weighted by Crippen LogP contribution is 2.31. The van der Waals surface area contributed by atoms with Crippen LogP contribution in [0.15, 0.2) is 52.9 Å². The molecule has 0 aliphatic rings. The summed E-state index contributed by atoms with van der Waals surface area (Å²) in [5, 5.41) is 21.5. The molecule has 4 rings (SSSR count). The Morgan fingerprint density at radius 3 is 2.25 bits per heavy atom. The largest absolute Gasteiger partial charge is 0.492 e. The van der Waals surface area contributed by atoms with Crippen LogP contribution in [0, 0.1) is 13.8 Å². The van der Waals surface area contributed by atoms with Gasteiger partial charge < -0.3 is 14.5 Å². The van der Waals surface area contributed by atoms with E-state index in [1.165, 1.54) is 0 Å². The van der Waals surface area contributed by atoms with Gasteiger partial charge in [-0.05, 0) is 49.2 Å². The van der Waals surface area contributed by atoms with Gasteiger partial charge in [0.2, 0.25) is 0 Å². The predicted octanol–water partition coefficient (Wildman–Crippen LogP) is 2.94. The minimum absolute atomic E-state index is 0.366. The first-order valence-corrected chi connectivity index (χ1v) is 7.80. The summed E-state index contributed by atoms with van der Waals surface area (Å²) in [5.41, 5.74) is 5.36. The van der Waals surface area contributed by atoms with E-state index >= 15 is 0 Å². The monoisotopic (exact) mass is 317 g/mol. The van der Waals surface area contributed by atoms with E-state index in [-0.39, 0.29) is 0 Å². The molecule has 0 saturated carbocycles. The number of hydrogen-bond acceptors (Lipinski definition) is 4. The summed E-state index contributed by atoms with van der Waals surface area (Å²) >= 11 is 0. The topological polar surface area (TPSA) is 66.5 Å². The first kappa shape index (κ1) is 14.9. The van der Waals surface area contributed by atoms with Crippen molar-refractivity contribution in [2.75, 3.05) is 0 Å². The molecule has 4 nitrogen and oxygen atoms in total. The Hall–Kier alpha value is -2.63. The maximum Gasteiger partial charge on any atom is 0.492 e. The Bertz CT molecular complexity index is 1050. The minimum Gasteiger partial charge on any atom is -0.456 e. The molecule has 2 N–H and O–H groups in total. The van der Waals surface area contributed by atoms with Crippen LogP contribution in [0.25, 0.3) is 33.1 Å². The number of aryl methyl sites for hydroxylation is 2. The first-order chi connectivity index (χ1) is 11.5. The van der Waals surface area contributed by atoms with E-state index in [2.05, 4.69) is 4.98 Å². The van der Waals surface area contributed by atoms with Gasteiger partial charge in [0, 0.05) is 27.6 Å². The minimum atomic E-state index is -1.60. The van der Waals surface area contributed by atoms with Gasteiger partial charge in [-0.3, -0.25) is 4.98 Å². The van der Waals surface area contributed by atoms with E-state index in [0.717, 1.165) is 38.9 Å². The van der Waals surface area contributed by atoms with Crippen molar-refractivity contribution < 1.29 is 14.5 Å². The molecule has 0 fully saturated rings. The van der Waals surface area contributed by atoms with Gasteiger partial charge in [0.1, 0.15) is 11.2 Å². The predicted molar refractivity (Wildman–Crippen MR) is 96.3 cm³/mol. The summed E-state index contributed by atoms with van der Waals surface area (Å²) in [6.07, 6.45) is 0. The molecule has 0 atom stereocenters. The Labute approximate surface area is 139 Å². The SMILES string of the molecule is Cc1cc(-c2cc(B(O)O)c3oc4ccccc4c3c2)cc(C)n1. The van der Waals surface area contributed by atoms with Crippen molar-refractivity contribution in [2.45, 2.75) is 13.8 Å². The number of furan rings is 1. The van der Waals surface area contributed by atoms with E-state index in [9.17, 15) is 10.0 Å². The molecule has 0 amide bonds. The van der Waals surface area contributed by atoms with Gasteiger partial charge in [0.05, 0.1) is 0 Å². The molecular formula is C19H16BNO3. The quantitative estimate of drug-likeness (QED) is 0.558. The molecule has 0 aliphatic carbocycles.